The number of primary amides is 1. The highest BCUT2D eigenvalue weighted by Gasteiger charge is 2.16. The van der Waals surface area contributed by atoms with Gasteiger partial charge in [-0.1, -0.05) is 18.2 Å². The number of carbonyl (C=O) groups excluding carboxylic acids is 3. The second-order valence-electron chi connectivity index (χ2n) is 5.12. The van der Waals surface area contributed by atoms with Crippen LogP contribution in [0.25, 0.3) is 0 Å². The van der Waals surface area contributed by atoms with Crippen LogP contribution in [0.3, 0.4) is 0 Å². The average Bonchev–Trinajstić information content (AvgIpc) is 2.56. The van der Waals surface area contributed by atoms with E-state index >= 15 is 0 Å². The molecule has 4 amide bonds. The molecule has 0 aromatic heterocycles. The van der Waals surface area contributed by atoms with Crippen LogP contribution in [0, 0.1) is 0 Å². The van der Waals surface area contributed by atoms with Gasteiger partial charge in [0.25, 0.3) is 5.91 Å². The van der Waals surface area contributed by atoms with E-state index in [1.54, 1.807) is 55.5 Å². The molecular weight excluding hydrogens is 308 g/mol. The number of amides is 4. The average molecular weight is 326 g/mol. The zero-order valence-corrected chi connectivity index (χ0v) is 13.1. The summed E-state index contributed by atoms with van der Waals surface area (Å²) in [5, 5.41) is 7.73. The Morgan fingerprint density at radius 1 is 0.875 bits per heavy atom. The number of hydrogen-bond donors (Lipinski definition) is 4. The lowest BCUT2D eigenvalue weighted by Gasteiger charge is -2.14. The molecule has 24 heavy (non-hydrogen) atoms. The van der Waals surface area contributed by atoms with Crippen molar-refractivity contribution in [1.82, 2.24) is 5.32 Å². The van der Waals surface area contributed by atoms with Gasteiger partial charge in [-0.15, -0.1) is 0 Å². The fourth-order valence-corrected chi connectivity index (χ4v) is 1.96. The SMILES string of the molecule is CC(NC(=O)c1ccccc1)C(=O)Nc1ccc(NC(N)=O)cc1. The molecule has 0 radical (unpaired) electrons. The molecule has 1 unspecified atom stereocenters. The molecule has 0 bridgehead atoms. The largest absolute Gasteiger partial charge is 0.351 e. The predicted molar refractivity (Wildman–Crippen MR) is 91.6 cm³/mol. The molecule has 0 saturated heterocycles. The predicted octanol–water partition coefficient (Wildman–Crippen LogP) is 1.93. The van der Waals surface area contributed by atoms with Crippen molar-refractivity contribution in [3.05, 3.63) is 60.2 Å². The Bertz CT molecular complexity index is 729. The number of urea groups is 1. The van der Waals surface area contributed by atoms with Crippen molar-refractivity contribution in [2.75, 3.05) is 10.6 Å². The Morgan fingerprint density at radius 2 is 1.42 bits per heavy atom. The summed E-state index contributed by atoms with van der Waals surface area (Å²) < 4.78 is 0. The van der Waals surface area contributed by atoms with Gasteiger partial charge in [-0.2, -0.15) is 0 Å². The van der Waals surface area contributed by atoms with E-state index in [4.69, 9.17) is 5.73 Å². The molecule has 2 aromatic carbocycles. The van der Waals surface area contributed by atoms with Crippen LogP contribution in [0.15, 0.2) is 54.6 Å². The molecular formula is C17H18N4O3. The number of rotatable bonds is 5. The van der Waals surface area contributed by atoms with E-state index in [0.717, 1.165) is 0 Å². The van der Waals surface area contributed by atoms with E-state index in [1.807, 2.05) is 6.07 Å². The molecule has 2 aromatic rings. The van der Waals surface area contributed by atoms with Crippen LogP contribution in [0.4, 0.5) is 16.2 Å². The molecule has 5 N–H and O–H groups in total. The monoisotopic (exact) mass is 326 g/mol. The Kier molecular flexibility index (Phi) is 5.51. The van der Waals surface area contributed by atoms with Gasteiger partial charge in [0, 0.05) is 16.9 Å². The number of anilines is 2. The van der Waals surface area contributed by atoms with Crippen molar-refractivity contribution in [2.45, 2.75) is 13.0 Å². The first-order valence-corrected chi connectivity index (χ1v) is 7.29. The first-order chi connectivity index (χ1) is 11.5. The number of nitrogens with two attached hydrogens (primary N) is 1. The Balaban J connectivity index is 1.91. The highest BCUT2D eigenvalue weighted by Crippen LogP contribution is 2.13. The Hall–Kier alpha value is -3.35. The van der Waals surface area contributed by atoms with E-state index in [9.17, 15) is 14.4 Å². The highest BCUT2D eigenvalue weighted by atomic mass is 16.2. The summed E-state index contributed by atoms with van der Waals surface area (Å²) >= 11 is 0. The van der Waals surface area contributed by atoms with Gasteiger partial charge in [-0.05, 0) is 43.3 Å². The minimum atomic E-state index is -0.707. The summed E-state index contributed by atoms with van der Waals surface area (Å²) in [6.07, 6.45) is 0. The topological polar surface area (TPSA) is 113 Å². The molecule has 0 saturated carbocycles. The summed E-state index contributed by atoms with van der Waals surface area (Å²) in [6.45, 7) is 1.60. The van der Waals surface area contributed by atoms with Crippen molar-refractivity contribution in [3.8, 4) is 0 Å². The van der Waals surface area contributed by atoms with Crippen molar-refractivity contribution >= 4 is 29.2 Å². The van der Waals surface area contributed by atoms with Crippen LogP contribution in [0.5, 0.6) is 0 Å². The molecule has 0 aliphatic rings. The van der Waals surface area contributed by atoms with Gasteiger partial charge in [-0.3, -0.25) is 9.59 Å². The lowest BCUT2D eigenvalue weighted by atomic mass is 10.2. The van der Waals surface area contributed by atoms with Crippen LogP contribution >= 0.6 is 0 Å². The van der Waals surface area contributed by atoms with Gasteiger partial charge in [0.05, 0.1) is 0 Å². The first kappa shape index (κ1) is 17.0. The smallest absolute Gasteiger partial charge is 0.316 e. The van der Waals surface area contributed by atoms with Gasteiger partial charge in [0.1, 0.15) is 6.04 Å². The van der Waals surface area contributed by atoms with Crippen molar-refractivity contribution in [2.24, 2.45) is 5.73 Å². The number of hydrogen-bond acceptors (Lipinski definition) is 3. The minimum absolute atomic E-state index is 0.320. The summed E-state index contributed by atoms with van der Waals surface area (Å²) in [5.74, 6) is -0.672. The molecule has 1 atom stereocenters. The second-order valence-corrected chi connectivity index (χ2v) is 5.12. The Morgan fingerprint density at radius 3 is 1.96 bits per heavy atom. The van der Waals surface area contributed by atoms with Gasteiger partial charge >= 0.3 is 6.03 Å². The van der Waals surface area contributed by atoms with Gasteiger partial charge in [0.2, 0.25) is 5.91 Å². The third kappa shape index (κ3) is 4.84. The fraction of sp³-hybridized carbons (Fsp3) is 0.118. The molecule has 7 heteroatoms. The lowest BCUT2D eigenvalue weighted by molar-refractivity contribution is -0.117. The summed E-state index contributed by atoms with van der Waals surface area (Å²) in [6, 6.07) is 13.7. The van der Waals surface area contributed by atoms with Crippen LogP contribution < -0.4 is 21.7 Å². The van der Waals surface area contributed by atoms with Crippen LogP contribution in [-0.4, -0.2) is 23.9 Å². The molecule has 0 spiro atoms. The molecule has 0 aliphatic carbocycles. The first-order valence-electron chi connectivity index (χ1n) is 7.29. The molecule has 2 rings (SSSR count). The molecule has 0 fully saturated rings. The maximum absolute atomic E-state index is 12.1. The normalized spacial score (nSPS) is 11.2. The molecule has 0 aliphatic heterocycles. The second kappa shape index (κ2) is 7.77. The van der Waals surface area contributed by atoms with Crippen molar-refractivity contribution < 1.29 is 14.4 Å². The van der Waals surface area contributed by atoms with Gasteiger partial charge in [0.15, 0.2) is 0 Å². The van der Waals surface area contributed by atoms with Crippen LogP contribution in [0.1, 0.15) is 17.3 Å². The molecule has 7 nitrogen and oxygen atoms in total. The summed E-state index contributed by atoms with van der Waals surface area (Å²) in [7, 11) is 0. The molecule has 0 heterocycles. The van der Waals surface area contributed by atoms with E-state index in [1.165, 1.54) is 0 Å². The maximum atomic E-state index is 12.1. The minimum Gasteiger partial charge on any atom is -0.351 e. The summed E-state index contributed by atoms with van der Waals surface area (Å²) in [4.78, 5) is 34.9. The number of carbonyl (C=O) groups is 3. The zero-order valence-electron chi connectivity index (χ0n) is 13.1. The van der Waals surface area contributed by atoms with Crippen molar-refractivity contribution in [1.29, 1.82) is 0 Å². The third-order valence-electron chi connectivity index (χ3n) is 3.20. The van der Waals surface area contributed by atoms with Crippen LogP contribution in [-0.2, 0) is 4.79 Å². The third-order valence-corrected chi connectivity index (χ3v) is 3.20. The van der Waals surface area contributed by atoms with E-state index in [0.29, 0.717) is 16.9 Å². The van der Waals surface area contributed by atoms with Crippen molar-refractivity contribution in [3.63, 3.8) is 0 Å². The quantitative estimate of drug-likeness (QED) is 0.673. The van der Waals surface area contributed by atoms with Gasteiger partial charge < -0.3 is 21.7 Å². The van der Waals surface area contributed by atoms with Gasteiger partial charge in [-0.25, -0.2) is 4.79 Å². The number of benzene rings is 2. The molecule has 124 valence electrons. The standard InChI is InChI=1S/C17H18N4O3/c1-11(19-16(23)12-5-3-2-4-6-12)15(22)20-13-7-9-14(10-8-13)21-17(18)24/h2-11H,1H3,(H,19,23)(H,20,22)(H3,18,21,24). The maximum Gasteiger partial charge on any atom is 0.316 e. The van der Waals surface area contributed by atoms with E-state index in [2.05, 4.69) is 16.0 Å². The Labute approximate surface area is 139 Å². The number of nitrogens with one attached hydrogen (secondary N) is 3. The van der Waals surface area contributed by atoms with Crippen LogP contribution in [0.2, 0.25) is 0 Å². The highest BCUT2D eigenvalue weighted by molar-refractivity contribution is 6.01. The lowest BCUT2D eigenvalue weighted by Crippen LogP contribution is -2.41. The fourth-order valence-electron chi connectivity index (χ4n) is 1.96. The van der Waals surface area contributed by atoms with E-state index < -0.39 is 12.1 Å². The van der Waals surface area contributed by atoms with E-state index in [-0.39, 0.29) is 11.8 Å². The zero-order chi connectivity index (χ0) is 17.5. The summed E-state index contributed by atoms with van der Waals surface area (Å²) in [5.41, 5.74) is 6.56.